The number of H-pyrrole nitrogens is 1. The lowest BCUT2D eigenvalue weighted by Gasteiger charge is -2.37. The Balaban J connectivity index is 1.43. The fourth-order valence-corrected chi connectivity index (χ4v) is 4.54. The zero-order chi connectivity index (χ0) is 30.9. The molecule has 0 amide bonds. The van der Waals surface area contributed by atoms with Gasteiger partial charge in [0.1, 0.15) is 29.8 Å². The maximum atomic E-state index is 15.2. The molecule has 43 heavy (non-hydrogen) atoms. The highest BCUT2D eigenvalue weighted by molar-refractivity contribution is 5.98. The summed E-state index contributed by atoms with van der Waals surface area (Å²) in [4.78, 5) is 11.3. The molecule has 5 rings (SSSR count). The molecule has 9 nitrogen and oxygen atoms in total. The molecule has 0 fully saturated rings. The fraction of sp³-hybridized carbons (Fsp3) is 0.276. The Kier molecular flexibility index (Phi) is 7.85. The number of hydrogen-bond donors (Lipinski definition) is 3. The maximum Gasteiger partial charge on any atom is 0.573 e. The first-order valence-corrected chi connectivity index (χ1v) is 12.9. The molecule has 3 heterocycles. The Morgan fingerprint density at radius 3 is 2.51 bits per heavy atom. The number of benzene rings is 2. The number of nitriles is 1. The van der Waals surface area contributed by atoms with Crippen molar-refractivity contribution in [3.63, 3.8) is 0 Å². The highest BCUT2D eigenvalue weighted by atomic mass is 19.4. The summed E-state index contributed by atoms with van der Waals surface area (Å²) in [6.07, 6.45) is -2.18. The normalized spacial score (nSPS) is 16.9. The summed E-state index contributed by atoms with van der Waals surface area (Å²) in [6, 6.07) is 8.55. The molecule has 14 heteroatoms. The number of halogens is 5. The van der Waals surface area contributed by atoms with Crippen molar-refractivity contribution in [2.45, 2.75) is 20.2 Å². The molecule has 0 spiro atoms. The van der Waals surface area contributed by atoms with Gasteiger partial charge in [-0.15, -0.1) is 13.2 Å². The van der Waals surface area contributed by atoms with E-state index in [0.717, 1.165) is 18.2 Å². The Morgan fingerprint density at radius 2 is 1.91 bits per heavy atom. The van der Waals surface area contributed by atoms with Gasteiger partial charge in [0, 0.05) is 41.2 Å². The van der Waals surface area contributed by atoms with Crippen molar-refractivity contribution >= 4 is 22.7 Å². The van der Waals surface area contributed by atoms with Crippen molar-refractivity contribution < 1.29 is 41.3 Å². The predicted octanol–water partition coefficient (Wildman–Crippen LogP) is 6.50. The molecule has 0 saturated heterocycles. The summed E-state index contributed by atoms with van der Waals surface area (Å²) in [7, 11) is 0. The lowest BCUT2D eigenvalue weighted by molar-refractivity contribution is -0.274. The van der Waals surface area contributed by atoms with Gasteiger partial charge in [-0.2, -0.15) is 5.26 Å². The van der Waals surface area contributed by atoms with Crippen LogP contribution in [0.1, 0.15) is 19.4 Å². The van der Waals surface area contributed by atoms with Crippen LogP contribution in [0, 0.1) is 34.3 Å². The minimum Gasteiger partial charge on any atom is -0.464 e. The van der Waals surface area contributed by atoms with Crippen LogP contribution in [0.25, 0.3) is 22.2 Å². The standard InChI is InChI=1S/C29H24F5N5O4/c1-15(2)28(13-40)12-38-27(41-14-28)39-18-8-20(30)25(21(31)9-18)42-23-5-6-36-26-24(23)19(11-37-26)16-3-4-22(17(7-16)10-35)43-29(32,33)34/h3-9,11,15,40H,12-14H2,1-2H3,(H,36,37)(H,38,39). The van der Waals surface area contributed by atoms with Crippen LogP contribution in [0.3, 0.4) is 0 Å². The highest BCUT2D eigenvalue weighted by Gasteiger charge is 2.37. The van der Waals surface area contributed by atoms with Crippen LogP contribution in [0.5, 0.6) is 17.2 Å². The Bertz CT molecular complexity index is 1720. The van der Waals surface area contributed by atoms with E-state index < -0.39 is 34.9 Å². The summed E-state index contributed by atoms with van der Waals surface area (Å²) >= 11 is 0. The largest absolute Gasteiger partial charge is 0.573 e. The third-order valence-electron chi connectivity index (χ3n) is 7.21. The predicted molar refractivity (Wildman–Crippen MR) is 146 cm³/mol. The molecule has 0 bridgehead atoms. The average Bonchev–Trinajstić information content (AvgIpc) is 3.40. The summed E-state index contributed by atoms with van der Waals surface area (Å²) in [5.74, 6) is -3.42. The van der Waals surface area contributed by atoms with E-state index >= 15 is 8.78 Å². The van der Waals surface area contributed by atoms with Crippen LogP contribution >= 0.6 is 0 Å². The van der Waals surface area contributed by atoms with E-state index in [-0.39, 0.29) is 59.7 Å². The van der Waals surface area contributed by atoms with Gasteiger partial charge in [0.05, 0.1) is 24.1 Å². The fourth-order valence-electron chi connectivity index (χ4n) is 4.54. The Labute approximate surface area is 241 Å². The van der Waals surface area contributed by atoms with E-state index in [1.54, 1.807) is 6.07 Å². The van der Waals surface area contributed by atoms with Gasteiger partial charge in [0.15, 0.2) is 17.4 Å². The van der Waals surface area contributed by atoms with E-state index in [2.05, 4.69) is 25.0 Å². The zero-order valence-corrected chi connectivity index (χ0v) is 22.7. The first kappa shape index (κ1) is 29.6. The smallest absolute Gasteiger partial charge is 0.464 e. The van der Waals surface area contributed by atoms with Crippen LogP contribution in [0.2, 0.25) is 0 Å². The number of aromatic nitrogens is 2. The number of aliphatic hydroxyl groups excluding tert-OH is 1. The van der Waals surface area contributed by atoms with E-state index in [1.807, 2.05) is 13.8 Å². The molecule has 1 atom stereocenters. The third-order valence-corrected chi connectivity index (χ3v) is 7.21. The summed E-state index contributed by atoms with van der Waals surface area (Å²) < 4.78 is 83.7. The zero-order valence-electron chi connectivity index (χ0n) is 22.7. The average molecular weight is 602 g/mol. The van der Waals surface area contributed by atoms with Gasteiger partial charge in [0.25, 0.3) is 6.02 Å². The van der Waals surface area contributed by atoms with E-state index in [4.69, 9.17) is 9.47 Å². The van der Waals surface area contributed by atoms with Crippen LogP contribution < -0.4 is 14.8 Å². The van der Waals surface area contributed by atoms with Crippen molar-refractivity contribution in [3.05, 3.63) is 66.0 Å². The monoisotopic (exact) mass is 601 g/mol. The molecule has 0 aliphatic carbocycles. The number of hydrogen-bond acceptors (Lipinski definition) is 8. The van der Waals surface area contributed by atoms with Crippen molar-refractivity contribution in [2.75, 3.05) is 25.1 Å². The Hall–Kier alpha value is -4.90. The minimum atomic E-state index is -4.99. The number of rotatable bonds is 7. The van der Waals surface area contributed by atoms with E-state index in [0.29, 0.717) is 11.1 Å². The topological polar surface area (TPSA) is 125 Å². The van der Waals surface area contributed by atoms with Crippen molar-refractivity contribution in [1.29, 1.82) is 5.26 Å². The van der Waals surface area contributed by atoms with Gasteiger partial charge in [-0.05, 0) is 29.7 Å². The van der Waals surface area contributed by atoms with Gasteiger partial charge in [-0.25, -0.2) is 18.8 Å². The van der Waals surface area contributed by atoms with Gasteiger partial charge in [-0.3, -0.25) is 0 Å². The van der Waals surface area contributed by atoms with Gasteiger partial charge in [0.2, 0.25) is 0 Å². The molecular weight excluding hydrogens is 577 g/mol. The summed E-state index contributed by atoms with van der Waals surface area (Å²) in [5, 5.41) is 22.2. The minimum absolute atomic E-state index is 0.00884. The van der Waals surface area contributed by atoms with Crippen molar-refractivity contribution in [3.8, 4) is 34.4 Å². The van der Waals surface area contributed by atoms with Gasteiger partial charge < -0.3 is 29.6 Å². The lowest BCUT2D eigenvalue weighted by atomic mass is 9.78. The number of amidine groups is 1. The van der Waals surface area contributed by atoms with Crippen LogP contribution in [-0.4, -0.2) is 47.2 Å². The van der Waals surface area contributed by atoms with Crippen molar-refractivity contribution in [2.24, 2.45) is 16.3 Å². The quantitative estimate of drug-likeness (QED) is 0.207. The van der Waals surface area contributed by atoms with Gasteiger partial charge in [-0.1, -0.05) is 19.9 Å². The van der Waals surface area contributed by atoms with Crippen LogP contribution in [-0.2, 0) is 4.74 Å². The molecule has 224 valence electrons. The summed E-state index contributed by atoms with van der Waals surface area (Å²) in [5.41, 5.74) is -0.0234. The second kappa shape index (κ2) is 11.4. The number of aliphatic imine (C=N–C) groups is 1. The van der Waals surface area contributed by atoms with Crippen LogP contribution in [0.4, 0.5) is 27.6 Å². The highest BCUT2D eigenvalue weighted by Crippen LogP contribution is 2.40. The maximum absolute atomic E-state index is 15.2. The molecule has 4 aromatic rings. The number of nitrogens with zero attached hydrogens (tertiary/aromatic N) is 3. The first-order valence-electron chi connectivity index (χ1n) is 12.9. The second-order valence-corrected chi connectivity index (χ2v) is 10.2. The lowest BCUT2D eigenvalue weighted by Crippen LogP contribution is -2.44. The number of aromatic amines is 1. The molecule has 3 N–H and O–H groups in total. The molecule has 2 aromatic carbocycles. The number of anilines is 1. The molecule has 0 saturated carbocycles. The number of aliphatic hydroxyl groups is 1. The number of nitrogens with one attached hydrogen (secondary N) is 2. The molecule has 2 aromatic heterocycles. The van der Waals surface area contributed by atoms with Crippen LogP contribution in [0.15, 0.2) is 53.8 Å². The number of fused-ring (bicyclic) bond motifs is 1. The molecular formula is C29H24F5N5O4. The third kappa shape index (κ3) is 6.02. The number of alkyl halides is 3. The molecule has 1 unspecified atom stereocenters. The first-order chi connectivity index (χ1) is 20.4. The second-order valence-electron chi connectivity index (χ2n) is 10.2. The Morgan fingerprint density at radius 1 is 1.16 bits per heavy atom. The van der Waals surface area contributed by atoms with Crippen molar-refractivity contribution in [1.82, 2.24) is 9.97 Å². The molecule has 0 radical (unpaired) electrons. The molecule has 1 aliphatic rings. The van der Waals surface area contributed by atoms with E-state index in [9.17, 15) is 23.5 Å². The van der Waals surface area contributed by atoms with Gasteiger partial charge >= 0.3 is 6.36 Å². The van der Waals surface area contributed by atoms with E-state index in [1.165, 1.54) is 30.6 Å². The molecule has 1 aliphatic heterocycles. The SMILES string of the molecule is CC(C)C1(CO)CN=C(Nc2cc(F)c(Oc3ccnc4[nH]cc(-c5ccc(OC(F)(F)F)c(C#N)c5)c34)c(F)c2)OC1. The summed E-state index contributed by atoms with van der Waals surface area (Å²) in [6.45, 7) is 4.19. The number of pyridine rings is 1. The number of ether oxygens (including phenoxy) is 3.